The van der Waals surface area contributed by atoms with Crippen LogP contribution < -0.4 is 16.2 Å². The smallest absolute Gasteiger partial charge is 0.333 e. The second kappa shape index (κ2) is 8.09. The van der Waals surface area contributed by atoms with E-state index in [0.29, 0.717) is 5.56 Å². The van der Waals surface area contributed by atoms with Crippen LogP contribution in [0.2, 0.25) is 0 Å². The van der Waals surface area contributed by atoms with E-state index >= 15 is 0 Å². The van der Waals surface area contributed by atoms with Gasteiger partial charge >= 0.3 is 6.03 Å². The van der Waals surface area contributed by atoms with Crippen molar-refractivity contribution in [3.8, 4) is 0 Å². The molecule has 0 unspecified atom stereocenters. The van der Waals surface area contributed by atoms with Crippen molar-refractivity contribution in [1.82, 2.24) is 16.2 Å². The van der Waals surface area contributed by atoms with Crippen molar-refractivity contribution in [1.29, 1.82) is 0 Å². The minimum atomic E-state index is -0.468. The second-order valence-electron chi connectivity index (χ2n) is 4.46. The molecular formula is C16H17N3O2S. The second-order valence-corrected chi connectivity index (χ2v) is 5.51. The monoisotopic (exact) mass is 315 g/mol. The minimum Gasteiger partial charge on any atom is -0.340 e. The maximum Gasteiger partial charge on any atom is 0.333 e. The number of benzene rings is 2. The van der Waals surface area contributed by atoms with Crippen LogP contribution in [0.25, 0.3) is 0 Å². The fourth-order valence-corrected chi connectivity index (χ4v) is 2.56. The van der Waals surface area contributed by atoms with Gasteiger partial charge in [0, 0.05) is 23.3 Å². The molecule has 0 fully saturated rings. The molecule has 2 rings (SSSR count). The lowest BCUT2D eigenvalue weighted by molar-refractivity contribution is 0.0936. The first-order valence-corrected chi connectivity index (χ1v) is 7.72. The molecule has 0 saturated heterocycles. The normalized spacial score (nSPS) is 9.86. The Morgan fingerprint density at radius 1 is 0.955 bits per heavy atom. The van der Waals surface area contributed by atoms with Crippen LogP contribution in [0.5, 0.6) is 0 Å². The van der Waals surface area contributed by atoms with Gasteiger partial charge in [-0.1, -0.05) is 30.3 Å². The molecular weight excluding hydrogens is 298 g/mol. The topological polar surface area (TPSA) is 70.2 Å². The summed E-state index contributed by atoms with van der Waals surface area (Å²) in [5, 5.41) is 2.35. The Bertz CT molecular complexity index is 630. The Hall–Kier alpha value is -2.47. The van der Waals surface area contributed by atoms with Crippen molar-refractivity contribution >= 4 is 23.7 Å². The van der Waals surface area contributed by atoms with Gasteiger partial charge in [0.05, 0.1) is 0 Å². The molecule has 0 bridgehead atoms. The molecule has 5 nitrogen and oxygen atoms in total. The van der Waals surface area contributed by atoms with Crippen LogP contribution in [0.15, 0.2) is 59.5 Å². The van der Waals surface area contributed by atoms with Crippen LogP contribution in [0.3, 0.4) is 0 Å². The molecule has 0 aromatic heterocycles. The molecule has 2 aromatic carbocycles. The molecule has 0 aliphatic rings. The van der Waals surface area contributed by atoms with Crippen molar-refractivity contribution in [3.05, 3.63) is 65.7 Å². The Morgan fingerprint density at radius 3 is 2.27 bits per heavy atom. The predicted molar refractivity (Wildman–Crippen MR) is 87.5 cm³/mol. The van der Waals surface area contributed by atoms with Gasteiger partial charge < -0.3 is 5.32 Å². The number of hydrogen-bond donors (Lipinski definition) is 3. The highest BCUT2D eigenvalue weighted by Gasteiger charge is 2.06. The lowest BCUT2D eigenvalue weighted by Gasteiger charge is -2.07. The molecule has 22 heavy (non-hydrogen) atoms. The number of urea groups is 1. The van der Waals surface area contributed by atoms with E-state index in [-0.39, 0.29) is 5.91 Å². The summed E-state index contributed by atoms with van der Waals surface area (Å²) in [6, 6.07) is 17.0. The number of thioether (sulfide) groups is 1. The molecule has 3 N–H and O–H groups in total. The summed E-state index contributed by atoms with van der Waals surface area (Å²) in [6.07, 6.45) is 0. The Labute approximate surface area is 133 Å². The third kappa shape index (κ3) is 4.82. The highest BCUT2D eigenvalue weighted by molar-refractivity contribution is 7.98. The summed E-state index contributed by atoms with van der Waals surface area (Å²) in [5.74, 6) is 0.480. The Morgan fingerprint density at radius 2 is 1.64 bits per heavy atom. The van der Waals surface area contributed by atoms with Gasteiger partial charge in [-0.25, -0.2) is 10.2 Å². The zero-order valence-electron chi connectivity index (χ0n) is 12.1. The summed E-state index contributed by atoms with van der Waals surface area (Å²) < 4.78 is 0. The molecule has 0 saturated carbocycles. The van der Waals surface area contributed by atoms with Crippen molar-refractivity contribution in [3.63, 3.8) is 0 Å². The first-order valence-electron chi connectivity index (χ1n) is 6.74. The van der Waals surface area contributed by atoms with E-state index in [1.807, 2.05) is 30.3 Å². The predicted octanol–water partition coefficient (Wildman–Crippen LogP) is 2.55. The standard InChI is InChI=1S/C16H17N3O2S/c1-17-16(21)19-18-15(20)13-9-7-12(8-10-13)11-22-14-5-3-2-4-6-14/h2-10H,11H2,1H3,(H,18,20)(H2,17,19,21). The summed E-state index contributed by atoms with van der Waals surface area (Å²) >= 11 is 1.74. The van der Waals surface area contributed by atoms with Gasteiger partial charge in [-0.2, -0.15) is 0 Å². The average Bonchev–Trinajstić information content (AvgIpc) is 2.59. The summed E-state index contributed by atoms with van der Waals surface area (Å²) in [5.41, 5.74) is 6.18. The molecule has 0 aliphatic heterocycles. The maximum absolute atomic E-state index is 11.8. The summed E-state index contributed by atoms with van der Waals surface area (Å²) in [6.45, 7) is 0. The molecule has 2 aromatic rings. The van der Waals surface area contributed by atoms with Gasteiger partial charge in [0.15, 0.2) is 0 Å². The van der Waals surface area contributed by atoms with E-state index in [9.17, 15) is 9.59 Å². The van der Waals surface area contributed by atoms with E-state index in [0.717, 1.165) is 11.3 Å². The van der Waals surface area contributed by atoms with Gasteiger partial charge in [0.25, 0.3) is 5.91 Å². The molecule has 0 atom stereocenters. The van der Waals surface area contributed by atoms with Crippen LogP contribution in [0.4, 0.5) is 4.79 Å². The quantitative estimate of drug-likeness (QED) is 0.600. The van der Waals surface area contributed by atoms with Crippen LogP contribution in [-0.2, 0) is 5.75 Å². The number of nitrogens with one attached hydrogen (secondary N) is 3. The third-order valence-electron chi connectivity index (χ3n) is 2.88. The number of hydrogen-bond acceptors (Lipinski definition) is 3. The van der Waals surface area contributed by atoms with E-state index in [1.54, 1.807) is 23.9 Å². The molecule has 114 valence electrons. The number of carbonyl (C=O) groups is 2. The van der Waals surface area contributed by atoms with E-state index in [4.69, 9.17) is 0 Å². The molecule has 0 spiro atoms. The van der Waals surface area contributed by atoms with Crippen LogP contribution in [0.1, 0.15) is 15.9 Å². The molecule has 3 amide bonds. The van der Waals surface area contributed by atoms with Crippen molar-refractivity contribution in [2.45, 2.75) is 10.6 Å². The highest BCUT2D eigenvalue weighted by atomic mass is 32.2. The summed E-state index contributed by atoms with van der Waals surface area (Å²) in [4.78, 5) is 24.0. The van der Waals surface area contributed by atoms with Gasteiger partial charge in [-0.05, 0) is 29.8 Å². The molecule has 0 radical (unpaired) electrons. The van der Waals surface area contributed by atoms with E-state index in [2.05, 4.69) is 28.3 Å². The fourth-order valence-electron chi connectivity index (χ4n) is 1.68. The first-order chi connectivity index (χ1) is 10.7. The van der Waals surface area contributed by atoms with Crippen molar-refractivity contribution in [2.24, 2.45) is 0 Å². The average molecular weight is 315 g/mol. The fraction of sp³-hybridized carbons (Fsp3) is 0.125. The Kier molecular flexibility index (Phi) is 5.85. The summed E-state index contributed by atoms with van der Waals surface area (Å²) in [7, 11) is 1.47. The minimum absolute atomic E-state index is 0.356. The Balaban J connectivity index is 1.87. The maximum atomic E-state index is 11.8. The highest BCUT2D eigenvalue weighted by Crippen LogP contribution is 2.22. The number of carbonyl (C=O) groups excluding carboxylic acids is 2. The zero-order chi connectivity index (χ0) is 15.8. The first kappa shape index (κ1) is 15.9. The van der Waals surface area contributed by atoms with Gasteiger partial charge in [-0.15, -0.1) is 11.8 Å². The molecule has 0 heterocycles. The van der Waals surface area contributed by atoms with Crippen LogP contribution in [-0.4, -0.2) is 19.0 Å². The van der Waals surface area contributed by atoms with Crippen molar-refractivity contribution < 1.29 is 9.59 Å². The van der Waals surface area contributed by atoms with E-state index in [1.165, 1.54) is 11.9 Å². The number of hydrazine groups is 1. The van der Waals surface area contributed by atoms with Crippen LogP contribution >= 0.6 is 11.8 Å². The molecule has 0 aliphatic carbocycles. The lowest BCUT2D eigenvalue weighted by atomic mass is 10.1. The zero-order valence-corrected chi connectivity index (χ0v) is 12.9. The van der Waals surface area contributed by atoms with E-state index < -0.39 is 6.03 Å². The van der Waals surface area contributed by atoms with Gasteiger partial charge in [0.2, 0.25) is 0 Å². The third-order valence-corrected chi connectivity index (χ3v) is 3.96. The van der Waals surface area contributed by atoms with Gasteiger partial charge in [-0.3, -0.25) is 10.2 Å². The largest absolute Gasteiger partial charge is 0.340 e. The van der Waals surface area contributed by atoms with Gasteiger partial charge in [0.1, 0.15) is 0 Å². The number of rotatable bonds is 4. The molecule has 6 heteroatoms. The van der Waals surface area contributed by atoms with Crippen molar-refractivity contribution in [2.75, 3.05) is 7.05 Å². The SMILES string of the molecule is CNC(=O)NNC(=O)c1ccc(CSc2ccccc2)cc1. The van der Waals surface area contributed by atoms with Crippen LogP contribution in [0, 0.1) is 0 Å². The number of amides is 3. The lowest BCUT2D eigenvalue weighted by Crippen LogP contribution is -2.45.